The molecule has 0 fully saturated rings. The molecule has 3 aromatic carbocycles. The molecule has 0 saturated heterocycles. The second kappa shape index (κ2) is 7.02. The zero-order valence-electron chi connectivity index (χ0n) is 15.9. The van der Waals surface area contributed by atoms with Gasteiger partial charge in [-0.2, -0.15) is 5.10 Å². The highest BCUT2D eigenvalue weighted by atomic mass is 16.1. The van der Waals surface area contributed by atoms with Gasteiger partial charge >= 0.3 is 0 Å². The van der Waals surface area contributed by atoms with Gasteiger partial charge in [-0.05, 0) is 11.1 Å². The van der Waals surface area contributed by atoms with Crippen molar-refractivity contribution in [3.05, 3.63) is 119 Å². The maximum absolute atomic E-state index is 11.5. The van der Waals surface area contributed by atoms with Gasteiger partial charge in [-0.1, -0.05) is 97.1 Å². The zero-order valence-corrected chi connectivity index (χ0v) is 15.9. The van der Waals surface area contributed by atoms with Crippen LogP contribution in [-0.2, 0) is 11.8 Å². The summed E-state index contributed by atoms with van der Waals surface area (Å²) in [6, 6.07) is 28.7. The number of hydrogen-bond acceptors (Lipinski definition) is 2. The predicted octanol–water partition coefficient (Wildman–Crippen LogP) is 5.44. The van der Waals surface area contributed by atoms with Crippen LogP contribution >= 0.6 is 0 Å². The molecule has 140 valence electrons. The van der Waals surface area contributed by atoms with Gasteiger partial charge in [-0.25, -0.2) is 0 Å². The highest BCUT2D eigenvalue weighted by molar-refractivity contribution is 5.89. The summed E-state index contributed by atoms with van der Waals surface area (Å²) in [6.45, 7) is 0. The van der Waals surface area contributed by atoms with E-state index in [0.29, 0.717) is 5.56 Å². The molecule has 0 amide bonds. The molecule has 3 nitrogen and oxygen atoms in total. The smallest absolute Gasteiger partial charge is 0.150 e. The Balaban J connectivity index is 1.66. The molecule has 5 rings (SSSR count). The molecule has 0 unspecified atom stereocenters. The molecule has 1 aliphatic rings. The first kappa shape index (κ1) is 17.4. The minimum absolute atomic E-state index is 0.260. The number of nitrogens with one attached hydrogen (secondary N) is 1. The molecule has 0 radical (unpaired) electrons. The number of fused-ring (bicyclic) bond motifs is 1. The van der Waals surface area contributed by atoms with Gasteiger partial charge in [0.1, 0.15) is 5.69 Å². The van der Waals surface area contributed by atoms with E-state index in [2.05, 4.69) is 70.9 Å². The van der Waals surface area contributed by atoms with Gasteiger partial charge in [0.05, 0.1) is 0 Å². The summed E-state index contributed by atoms with van der Waals surface area (Å²) in [5.74, 6) is 0. The van der Waals surface area contributed by atoms with Crippen molar-refractivity contribution in [2.45, 2.75) is 11.8 Å². The number of benzene rings is 3. The first-order chi connectivity index (χ1) is 14.3. The van der Waals surface area contributed by atoms with E-state index in [9.17, 15) is 4.79 Å². The van der Waals surface area contributed by atoms with Gasteiger partial charge in [0.2, 0.25) is 0 Å². The second-order valence-electron chi connectivity index (χ2n) is 7.38. The summed E-state index contributed by atoms with van der Waals surface area (Å²) in [7, 11) is 0. The van der Waals surface area contributed by atoms with Gasteiger partial charge in [0.25, 0.3) is 0 Å². The first-order valence-electron chi connectivity index (χ1n) is 9.74. The number of rotatable bonds is 4. The van der Waals surface area contributed by atoms with Crippen LogP contribution in [0.15, 0.2) is 91.0 Å². The highest BCUT2D eigenvalue weighted by Gasteiger charge is 2.36. The van der Waals surface area contributed by atoms with Gasteiger partial charge in [-0.3, -0.25) is 9.89 Å². The minimum atomic E-state index is -0.260. The van der Waals surface area contributed by atoms with E-state index in [1.807, 2.05) is 36.4 Å². The van der Waals surface area contributed by atoms with E-state index < -0.39 is 0 Å². The highest BCUT2D eigenvalue weighted by Crippen LogP contribution is 2.43. The van der Waals surface area contributed by atoms with Crippen LogP contribution in [0.5, 0.6) is 0 Å². The van der Waals surface area contributed by atoms with Gasteiger partial charge < -0.3 is 0 Å². The third kappa shape index (κ3) is 2.83. The van der Waals surface area contributed by atoms with Gasteiger partial charge in [-0.15, -0.1) is 0 Å². The molecule has 1 aliphatic carbocycles. The summed E-state index contributed by atoms with van der Waals surface area (Å²) >= 11 is 0. The number of aromatic nitrogens is 2. The molecule has 29 heavy (non-hydrogen) atoms. The molecule has 1 aromatic heterocycles. The molecule has 3 heteroatoms. The molecule has 0 bridgehead atoms. The topological polar surface area (TPSA) is 45.8 Å². The van der Waals surface area contributed by atoms with Crippen molar-refractivity contribution in [3.63, 3.8) is 0 Å². The van der Waals surface area contributed by atoms with E-state index in [-0.39, 0.29) is 5.41 Å². The Morgan fingerprint density at radius 1 is 0.828 bits per heavy atom. The Bertz CT molecular complexity index is 1150. The van der Waals surface area contributed by atoms with Crippen LogP contribution in [0.25, 0.3) is 17.3 Å². The Morgan fingerprint density at radius 3 is 2.10 bits per heavy atom. The van der Waals surface area contributed by atoms with Crippen molar-refractivity contribution in [3.8, 4) is 11.3 Å². The zero-order chi connectivity index (χ0) is 19.7. The van der Waals surface area contributed by atoms with E-state index in [1.54, 1.807) is 0 Å². The van der Waals surface area contributed by atoms with Crippen LogP contribution in [0.1, 0.15) is 32.7 Å². The third-order valence-electron chi connectivity index (χ3n) is 5.79. The standard InChI is InChI=1S/C26H20N2O/c29-18-19-9-7-8-14-22(19)25-23-15-16-26(17-24(23)27-28-25,20-10-3-1-4-11-20)21-12-5-2-6-13-21/h1-16,18H,17H2,(H,27,28). The SMILES string of the molecule is O=Cc1ccccc1-c1n[nH]c2c1C=CC(c1ccccc1)(c1ccccc1)C2. The summed E-state index contributed by atoms with van der Waals surface area (Å²) < 4.78 is 0. The van der Waals surface area contributed by atoms with E-state index in [1.165, 1.54) is 11.1 Å². The number of carbonyl (C=O) groups excluding carboxylic acids is 1. The lowest BCUT2D eigenvalue weighted by Gasteiger charge is -2.34. The Hall–Kier alpha value is -3.72. The van der Waals surface area contributed by atoms with Crippen molar-refractivity contribution in [1.82, 2.24) is 10.2 Å². The molecule has 0 saturated carbocycles. The Labute approximate surface area is 169 Å². The van der Waals surface area contributed by atoms with Gasteiger partial charge in [0, 0.05) is 34.2 Å². The third-order valence-corrected chi connectivity index (χ3v) is 5.79. The quantitative estimate of drug-likeness (QED) is 0.482. The van der Waals surface area contributed by atoms with Crippen LogP contribution in [0, 0.1) is 0 Å². The van der Waals surface area contributed by atoms with Crippen LogP contribution < -0.4 is 0 Å². The normalized spacial score (nSPS) is 14.3. The summed E-state index contributed by atoms with van der Waals surface area (Å²) in [4.78, 5) is 11.5. The van der Waals surface area contributed by atoms with E-state index in [0.717, 1.165) is 35.2 Å². The van der Waals surface area contributed by atoms with Gasteiger partial charge in [0.15, 0.2) is 6.29 Å². The van der Waals surface area contributed by atoms with Crippen molar-refractivity contribution in [2.24, 2.45) is 0 Å². The predicted molar refractivity (Wildman–Crippen MR) is 116 cm³/mol. The summed E-state index contributed by atoms with van der Waals surface area (Å²) in [5.41, 5.74) is 6.71. The lowest BCUT2D eigenvalue weighted by molar-refractivity contribution is 0.112. The number of H-pyrrole nitrogens is 1. The Kier molecular flexibility index (Phi) is 4.21. The van der Waals surface area contributed by atoms with Crippen LogP contribution in [0.3, 0.4) is 0 Å². The number of carbonyl (C=O) groups is 1. The van der Waals surface area contributed by atoms with Crippen LogP contribution in [0.2, 0.25) is 0 Å². The van der Waals surface area contributed by atoms with Crippen molar-refractivity contribution in [1.29, 1.82) is 0 Å². The number of hydrogen-bond donors (Lipinski definition) is 1. The van der Waals surface area contributed by atoms with Crippen LogP contribution in [-0.4, -0.2) is 16.5 Å². The number of nitrogens with zero attached hydrogens (tertiary/aromatic N) is 1. The lowest BCUT2D eigenvalue weighted by Crippen LogP contribution is -2.30. The maximum atomic E-state index is 11.5. The minimum Gasteiger partial charge on any atom is -0.298 e. The molecular formula is C26H20N2O. The first-order valence-corrected chi connectivity index (χ1v) is 9.74. The molecule has 4 aromatic rings. The summed E-state index contributed by atoms with van der Waals surface area (Å²) in [5, 5.41) is 7.85. The molecular weight excluding hydrogens is 356 g/mol. The molecule has 1 N–H and O–H groups in total. The average Bonchev–Trinajstić information content (AvgIpc) is 3.23. The monoisotopic (exact) mass is 376 g/mol. The number of aldehydes is 1. The Morgan fingerprint density at radius 2 is 1.45 bits per heavy atom. The largest absolute Gasteiger partial charge is 0.298 e. The van der Waals surface area contributed by atoms with Crippen molar-refractivity contribution in [2.75, 3.05) is 0 Å². The number of aromatic amines is 1. The van der Waals surface area contributed by atoms with Crippen LogP contribution in [0.4, 0.5) is 0 Å². The average molecular weight is 376 g/mol. The molecule has 1 heterocycles. The fourth-order valence-electron chi connectivity index (χ4n) is 4.32. The number of allylic oxidation sites excluding steroid dienone is 1. The second-order valence-corrected chi connectivity index (χ2v) is 7.38. The fourth-order valence-corrected chi connectivity index (χ4v) is 4.32. The molecule has 0 atom stereocenters. The van der Waals surface area contributed by atoms with E-state index in [4.69, 9.17) is 0 Å². The summed E-state index contributed by atoms with van der Waals surface area (Å²) in [6.07, 6.45) is 6.10. The molecule has 0 aliphatic heterocycles. The van der Waals surface area contributed by atoms with Crippen molar-refractivity contribution < 1.29 is 4.79 Å². The maximum Gasteiger partial charge on any atom is 0.150 e. The lowest BCUT2D eigenvalue weighted by atomic mass is 9.68. The van der Waals surface area contributed by atoms with Crippen molar-refractivity contribution >= 4 is 12.4 Å². The fraction of sp³-hybridized carbons (Fsp3) is 0.0769. The van der Waals surface area contributed by atoms with E-state index >= 15 is 0 Å². The molecule has 0 spiro atoms.